The van der Waals surface area contributed by atoms with Crippen molar-refractivity contribution >= 4 is 41.5 Å². The topological polar surface area (TPSA) is 68.8 Å². The van der Waals surface area contributed by atoms with E-state index < -0.39 is 0 Å². The molecule has 0 saturated heterocycles. The van der Waals surface area contributed by atoms with Crippen molar-refractivity contribution in [1.29, 1.82) is 0 Å². The Kier molecular flexibility index (Phi) is 11.9. The van der Waals surface area contributed by atoms with E-state index in [1.807, 2.05) is 6.07 Å². The summed E-state index contributed by atoms with van der Waals surface area (Å²) in [5.41, 5.74) is 1.27. The number of rotatable bonds is 11. The lowest BCUT2D eigenvalue weighted by Gasteiger charge is -2.23. The number of carbonyl (C=O) groups excluding carboxylic acids is 1. The van der Waals surface area contributed by atoms with Crippen molar-refractivity contribution in [1.82, 2.24) is 16.0 Å². The van der Waals surface area contributed by atoms with Crippen molar-refractivity contribution in [2.24, 2.45) is 4.99 Å². The Balaban J connectivity index is 0.00000364. The van der Waals surface area contributed by atoms with Gasteiger partial charge in [-0.25, -0.2) is 0 Å². The van der Waals surface area contributed by atoms with Gasteiger partial charge in [-0.2, -0.15) is 0 Å². The van der Waals surface area contributed by atoms with Crippen molar-refractivity contribution in [3.8, 4) is 0 Å². The van der Waals surface area contributed by atoms with Crippen molar-refractivity contribution in [2.75, 3.05) is 38.1 Å². The Morgan fingerprint density at radius 2 is 1.81 bits per heavy atom. The van der Waals surface area contributed by atoms with E-state index in [0.717, 1.165) is 57.8 Å². The summed E-state index contributed by atoms with van der Waals surface area (Å²) in [7, 11) is 1.78. The van der Waals surface area contributed by atoms with Crippen LogP contribution in [0.3, 0.4) is 0 Å². The second kappa shape index (κ2) is 13.6. The molecule has 3 N–H and O–H groups in total. The maximum atomic E-state index is 11.6. The van der Waals surface area contributed by atoms with E-state index in [1.54, 1.807) is 7.05 Å². The van der Waals surface area contributed by atoms with Crippen LogP contribution in [0.25, 0.3) is 0 Å². The Labute approximate surface area is 180 Å². The molecule has 6 nitrogen and oxygen atoms in total. The van der Waals surface area contributed by atoms with Crippen molar-refractivity contribution in [3.63, 3.8) is 0 Å². The van der Waals surface area contributed by atoms with Crippen LogP contribution in [0.2, 0.25) is 0 Å². The zero-order valence-corrected chi connectivity index (χ0v) is 18.9. The molecule has 0 bridgehead atoms. The lowest BCUT2D eigenvalue weighted by Crippen LogP contribution is -2.39. The molecule has 0 spiro atoms. The van der Waals surface area contributed by atoms with E-state index in [-0.39, 0.29) is 29.9 Å². The van der Waals surface area contributed by atoms with Crippen molar-refractivity contribution in [2.45, 2.75) is 45.1 Å². The first kappa shape index (κ1) is 23.5. The molecule has 1 aromatic carbocycles. The number of para-hydroxylation sites is 1. The van der Waals surface area contributed by atoms with Crippen LogP contribution in [0.5, 0.6) is 0 Å². The molecule has 1 aliphatic carbocycles. The van der Waals surface area contributed by atoms with Gasteiger partial charge in [-0.05, 0) is 44.7 Å². The third-order valence-electron chi connectivity index (χ3n) is 4.44. The number of nitrogens with zero attached hydrogens (tertiary/aromatic N) is 2. The Morgan fingerprint density at radius 3 is 2.41 bits per heavy atom. The van der Waals surface area contributed by atoms with Gasteiger partial charge in [0.05, 0.1) is 0 Å². The summed E-state index contributed by atoms with van der Waals surface area (Å²) >= 11 is 0. The average molecular weight is 487 g/mol. The van der Waals surface area contributed by atoms with E-state index >= 15 is 0 Å². The Bertz CT molecular complexity index is 563. The first-order chi connectivity index (χ1) is 12.7. The van der Waals surface area contributed by atoms with Gasteiger partial charge < -0.3 is 20.9 Å². The number of benzene rings is 1. The highest BCUT2D eigenvalue weighted by atomic mass is 127. The largest absolute Gasteiger partial charge is 0.372 e. The molecule has 0 heterocycles. The molecule has 0 atom stereocenters. The Morgan fingerprint density at radius 1 is 1.15 bits per heavy atom. The summed E-state index contributed by atoms with van der Waals surface area (Å²) < 4.78 is 0. The number of anilines is 1. The van der Waals surface area contributed by atoms with Gasteiger partial charge in [0, 0.05) is 51.4 Å². The van der Waals surface area contributed by atoms with Crippen LogP contribution in [0.4, 0.5) is 5.69 Å². The summed E-state index contributed by atoms with van der Waals surface area (Å²) in [4.78, 5) is 18.2. The van der Waals surface area contributed by atoms with Gasteiger partial charge in [0.2, 0.25) is 5.91 Å². The average Bonchev–Trinajstić information content (AvgIpc) is 3.48. The molecule has 1 saturated carbocycles. The predicted molar refractivity (Wildman–Crippen MR) is 124 cm³/mol. The first-order valence-corrected chi connectivity index (χ1v) is 9.76. The summed E-state index contributed by atoms with van der Waals surface area (Å²) in [6, 6.07) is 10.9. The Hall–Kier alpha value is -1.51. The lowest BCUT2D eigenvalue weighted by atomic mass is 10.2. The fourth-order valence-corrected chi connectivity index (χ4v) is 2.79. The quantitative estimate of drug-likeness (QED) is 0.194. The number of hydrogen-bond acceptors (Lipinski definition) is 3. The predicted octanol–water partition coefficient (Wildman–Crippen LogP) is 2.74. The normalized spacial score (nSPS) is 13.5. The molecule has 7 heteroatoms. The number of aliphatic imine (C=N–C) groups is 1. The first-order valence-electron chi connectivity index (χ1n) is 9.76. The standard InChI is InChI=1S/C20H33N5O.HI/c1-3-25(18-9-5-4-6-10-18)16-8-15-23-20(21-2)22-14-7-11-19(26)24-17-12-13-17;/h4-6,9-10,17H,3,7-8,11-16H2,1-2H3,(H,24,26)(H2,21,22,23);1H. The van der Waals surface area contributed by atoms with Gasteiger partial charge in [-0.15, -0.1) is 24.0 Å². The summed E-state index contributed by atoms with van der Waals surface area (Å²) in [6.45, 7) is 5.81. The van der Waals surface area contributed by atoms with E-state index in [1.165, 1.54) is 5.69 Å². The monoisotopic (exact) mass is 487 g/mol. The van der Waals surface area contributed by atoms with Gasteiger partial charge in [0.25, 0.3) is 0 Å². The lowest BCUT2D eigenvalue weighted by molar-refractivity contribution is -0.121. The van der Waals surface area contributed by atoms with Gasteiger partial charge in [0.1, 0.15) is 0 Å². The fraction of sp³-hybridized carbons (Fsp3) is 0.600. The number of carbonyl (C=O) groups is 1. The molecule has 1 aromatic rings. The number of amides is 1. The van der Waals surface area contributed by atoms with Crippen molar-refractivity contribution < 1.29 is 4.79 Å². The highest BCUT2D eigenvalue weighted by molar-refractivity contribution is 14.0. The molecular weight excluding hydrogens is 453 g/mol. The summed E-state index contributed by atoms with van der Waals surface area (Å²) in [6.07, 6.45) is 4.70. The molecule has 0 unspecified atom stereocenters. The van der Waals surface area contributed by atoms with Crippen LogP contribution in [0.15, 0.2) is 35.3 Å². The van der Waals surface area contributed by atoms with Gasteiger partial charge in [0.15, 0.2) is 5.96 Å². The molecule has 27 heavy (non-hydrogen) atoms. The zero-order valence-electron chi connectivity index (χ0n) is 16.5. The molecule has 1 fully saturated rings. The summed E-state index contributed by atoms with van der Waals surface area (Å²) in [5, 5.41) is 9.63. The third kappa shape index (κ3) is 9.83. The molecular formula is C20H34IN5O. The molecule has 2 rings (SSSR count). The van der Waals surface area contributed by atoms with Crippen LogP contribution in [0, 0.1) is 0 Å². The SMILES string of the molecule is CCN(CCCNC(=NC)NCCCC(=O)NC1CC1)c1ccccc1.I. The van der Waals surface area contributed by atoms with Crippen molar-refractivity contribution in [3.05, 3.63) is 30.3 Å². The van der Waals surface area contributed by atoms with Crippen LogP contribution in [0.1, 0.15) is 39.0 Å². The molecule has 1 aliphatic rings. The number of guanidine groups is 1. The van der Waals surface area contributed by atoms with Gasteiger partial charge >= 0.3 is 0 Å². The minimum atomic E-state index is 0. The minimum absolute atomic E-state index is 0. The van der Waals surface area contributed by atoms with Gasteiger partial charge in [-0.3, -0.25) is 9.79 Å². The van der Waals surface area contributed by atoms with Crippen LogP contribution < -0.4 is 20.9 Å². The summed E-state index contributed by atoms with van der Waals surface area (Å²) in [5.74, 6) is 0.966. The molecule has 0 aromatic heterocycles. The van der Waals surface area contributed by atoms with E-state index in [9.17, 15) is 4.79 Å². The maximum Gasteiger partial charge on any atom is 0.220 e. The van der Waals surface area contributed by atoms with Crippen LogP contribution in [-0.2, 0) is 4.79 Å². The molecule has 1 amide bonds. The number of hydrogen-bond donors (Lipinski definition) is 3. The second-order valence-electron chi connectivity index (χ2n) is 6.64. The highest BCUT2D eigenvalue weighted by Gasteiger charge is 2.22. The van der Waals surface area contributed by atoms with E-state index in [4.69, 9.17) is 0 Å². The number of halogens is 1. The minimum Gasteiger partial charge on any atom is -0.372 e. The zero-order chi connectivity index (χ0) is 18.6. The fourth-order valence-electron chi connectivity index (χ4n) is 2.79. The second-order valence-corrected chi connectivity index (χ2v) is 6.64. The van der Waals surface area contributed by atoms with E-state index in [2.05, 4.69) is 57.0 Å². The molecule has 0 aliphatic heterocycles. The maximum absolute atomic E-state index is 11.6. The molecule has 0 radical (unpaired) electrons. The smallest absolute Gasteiger partial charge is 0.220 e. The van der Waals surface area contributed by atoms with Crippen LogP contribution >= 0.6 is 24.0 Å². The van der Waals surface area contributed by atoms with Crippen LogP contribution in [-0.4, -0.2) is 51.1 Å². The number of nitrogens with one attached hydrogen (secondary N) is 3. The third-order valence-corrected chi connectivity index (χ3v) is 4.44. The molecule has 152 valence electrons. The van der Waals surface area contributed by atoms with Gasteiger partial charge in [-0.1, -0.05) is 18.2 Å². The highest BCUT2D eigenvalue weighted by Crippen LogP contribution is 2.18. The van der Waals surface area contributed by atoms with E-state index in [0.29, 0.717) is 12.5 Å².